The third-order valence-corrected chi connectivity index (χ3v) is 3.66. The number of rotatable bonds is 12. The van der Waals surface area contributed by atoms with Gasteiger partial charge in [0, 0.05) is 6.42 Å². The summed E-state index contributed by atoms with van der Waals surface area (Å²) in [5.41, 5.74) is 5.43. The SMILES string of the molecule is CCCCCCCCCCC(=O)C(C)(N)CCC. The molecule has 0 bridgehead atoms. The Hall–Kier alpha value is -0.370. The number of hydrogen-bond donors (Lipinski definition) is 1. The van der Waals surface area contributed by atoms with Crippen molar-refractivity contribution >= 4 is 5.78 Å². The van der Waals surface area contributed by atoms with Crippen LogP contribution in [0.25, 0.3) is 0 Å². The molecule has 0 saturated carbocycles. The third kappa shape index (κ3) is 8.68. The van der Waals surface area contributed by atoms with E-state index in [-0.39, 0.29) is 5.78 Å². The lowest BCUT2D eigenvalue weighted by Gasteiger charge is -2.22. The van der Waals surface area contributed by atoms with Crippen molar-refractivity contribution in [3.63, 3.8) is 0 Å². The van der Waals surface area contributed by atoms with E-state index in [9.17, 15) is 4.79 Å². The quantitative estimate of drug-likeness (QED) is 0.518. The monoisotopic (exact) mass is 255 g/mol. The summed E-state index contributed by atoms with van der Waals surface area (Å²) >= 11 is 0. The molecule has 0 heterocycles. The number of carbonyl (C=O) groups is 1. The largest absolute Gasteiger partial charge is 0.319 e. The summed E-state index contributed by atoms with van der Waals surface area (Å²) < 4.78 is 0. The minimum Gasteiger partial charge on any atom is -0.319 e. The molecule has 108 valence electrons. The molecular weight excluding hydrogens is 222 g/mol. The minimum absolute atomic E-state index is 0.246. The molecule has 0 aliphatic heterocycles. The highest BCUT2D eigenvalue weighted by Gasteiger charge is 2.25. The first-order valence-corrected chi connectivity index (χ1v) is 7.86. The Morgan fingerprint density at radius 1 is 0.889 bits per heavy atom. The lowest BCUT2D eigenvalue weighted by Crippen LogP contribution is -2.44. The van der Waals surface area contributed by atoms with E-state index in [1.54, 1.807) is 0 Å². The van der Waals surface area contributed by atoms with Crippen molar-refractivity contribution in [2.75, 3.05) is 0 Å². The maximum absolute atomic E-state index is 11.9. The number of ketones is 1. The van der Waals surface area contributed by atoms with Crippen LogP contribution in [0.2, 0.25) is 0 Å². The number of nitrogens with two attached hydrogens (primary N) is 1. The van der Waals surface area contributed by atoms with E-state index >= 15 is 0 Å². The standard InChI is InChI=1S/C16H33NO/c1-4-6-7-8-9-10-11-12-13-15(18)16(3,17)14-5-2/h4-14,17H2,1-3H3. The van der Waals surface area contributed by atoms with Crippen LogP contribution in [0.4, 0.5) is 0 Å². The summed E-state index contributed by atoms with van der Waals surface area (Å²) in [6.07, 6.45) is 12.6. The Morgan fingerprint density at radius 3 is 1.89 bits per heavy atom. The fraction of sp³-hybridized carbons (Fsp3) is 0.938. The van der Waals surface area contributed by atoms with Gasteiger partial charge in [-0.3, -0.25) is 4.79 Å². The van der Waals surface area contributed by atoms with Gasteiger partial charge < -0.3 is 5.73 Å². The van der Waals surface area contributed by atoms with Gasteiger partial charge in [0.05, 0.1) is 5.54 Å². The zero-order valence-corrected chi connectivity index (χ0v) is 12.8. The molecule has 0 aliphatic carbocycles. The van der Waals surface area contributed by atoms with Gasteiger partial charge in [-0.25, -0.2) is 0 Å². The number of unbranched alkanes of at least 4 members (excludes halogenated alkanes) is 7. The van der Waals surface area contributed by atoms with E-state index in [1.807, 2.05) is 6.92 Å². The molecule has 1 atom stereocenters. The molecule has 1 unspecified atom stereocenters. The van der Waals surface area contributed by atoms with Crippen molar-refractivity contribution in [3.05, 3.63) is 0 Å². The Kier molecular flexibility index (Phi) is 10.3. The first kappa shape index (κ1) is 17.6. The zero-order chi connectivity index (χ0) is 13.9. The summed E-state index contributed by atoms with van der Waals surface area (Å²) in [5.74, 6) is 0.246. The van der Waals surface area contributed by atoms with Crippen molar-refractivity contribution in [1.82, 2.24) is 0 Å². The van der Waals surface area contributed by atoms with Gasteiger partial charge in [-0.2, -0.15) is 0 Å². The summed E-state index contributed by atoms with van der Waals surface area (Å²) in [7, 11) is 0. The van der Waals surface area contributed by atoms with Crippen LogP contribution in [0.3, 0.4) is 0 Å². The van der Waals surface area contributed by atoms with E-state index in [2.05, 4.69) is 13.8 Å². The van der Waals surface area contributed by atoms with Gasteiger partial charge >= 0.3 is 0 Å². The second kappa shape index (κ2) is 10.5. The Labute approximate surface area is 114 Å². The van der Waals surface area contributed by atoms with Gasteiger partial charge in [-0.1, -0.05) is 65.2 Å². The maximum atomic E-state index is 11.9. The fourth-order valence-electron chi connectivity index (χ4n) is 2.36. The molecule has 2 N–H and O–H groups in total. The highest BCUT2D eigenvalue weighted by atomic mass is 16.1. The van der Waals surface area contributed by atoms with Gasteiger partial charge in [0.1, 0.15) is 0 Å². The van der Waals surface area contributed by atoms with E-state index in [0.29, 0.717) is 6.42 Å². The summed E-state index contributed by atoms with van der Waals surface area (Å²) in [5, 5.41) is 0. The molecule has 18 heavy (non-hydrogen) atoms. The van der Waals surface area contributed by atoms with E-state index in [0.717, 1.165) is 19.3 Å². The highest BCUT2D eigenvalue weighted by Crippen LogP contribution is 2.15. The fourth-order valence-corrected chi connectivity index (χ4v) is 2.36. The summed E-state index contributed by atoms with van der Waals surface area (Å²) in [4.78, 5) is 11.9. The van der Waals surface area contributed by atoms with Crippen LogP contribution in [-0.2, 0) is 4.79 Å². The molecule has 2 nitrogen and oxygen atoms in total. The lowest BCUT2D eigenvalue weighted by atomic mass is 9.89. The van der Waals surface area contributed by atoms with E-state index in [1.165, 1.54) is 44.9 Å². The average Bonchev–Trinajstić information content (AvgIpc) is 2.32. The van der Waals surface area contributed by atoms with Crippen LogP contribution >= 0.6 is 0 Å². The predicted octanol–water partition coefficient (Wildman–Crippen LogP) is 4.60. The predicted molar refractivity (Wildman–Crippen MR) is 79.7 cm³/mol. The molecule has 0 aliphatic rings. The maximum Gasteiger partial charge on any atom is 0.152 e. The van der Waals surface area contributed by atoms with Crippen LogP contribution < -0.4 is 5.73 Å². The van der Waals surface area contributed by atoms with Gasteiger partial charge in [-0.05, 0) is 19.8 Å². The molecular formula is C16H33NO. The van der Waals surface area contributed by atoms with Crippen molar-refractivity contribution in [2.45, 2.75) is 96.9 Å². The van der Waals surface area contributed by atoms with Gasteiger partial charge in [0.2, 0.25) is 0 Å². The molecule has 0 aromatic heterocycles. The van der Waals surface area contributed by atoms with Gasteiger partial charge in [0.25, 0.3) is 0 Å². The van der Waals surface area contributed by atoms with Gasteiger partial charge in [-0.15, -0.1) is 0 Å². The smallest absolute Gasteiger partial charge is 0.152 e. The van der Waals surface area contributed by atoms with E-state index < -0.39 is 5.54 Å². The van der Waals surface area contributed by atoms with Crippen molar-refractivity contribution in [1.29, 1.82) is 0 Å². The van der Waals surface area contributed by atoms with Crippen LogP contribution in [0.15, 0.2) is 0 Å². The topological polar surface area (TPSA) is 43.1 Å². The third-order valence-electron chi connectivity index (χ3n) is 3.66. The van der Waals surface area contributed by atoms with Crippen LogP contribution in [0, 0.1) is 0 Å². The Bertz CT molecular complexity index is 211. The normalized spacial score (nSPS) is 14.4. The minimum atomic E-state index is -0.587. The number of carbonyl (C=O) groups excluding carboxylic acids is 1. The Morgan fingerprint density at radius 2 is 1.39 bits per heavy atom. The molecule has 0 amide bonds. The molecule has 0 radical (unpaired) electrons. The van der Waals surface area contributed by atoms with Crippen molar-refractivity contribution in [2.24, 2.45) is 5.73 Å². The first-order valence-electron chi connectivity index (χ1n) is 7.86. The molecule has 0 fully saturated rings. The summed E-state index contributed by atoms with van der Waals surface area (Å²) in [6.45, 7) is 6.20. The zero-order valence-electron chi connectivity index (χ0n) is 12.8. The second-order valence-electron chi connectivity index (χ2n) is 5.82. The highest BCUT2D eigenvalue weighted by molar-refractivity contribution is 5.87. The molecule has 0 aromatic carbocycles. The Balaban J connectivity index is 3.46. The molecule has 0 rings (SSSR count). The van der Waals surface area contributed by atoms with Gasteiger partial charge in [0.15, 0.2) is 5.78 Å². The number of hydrogen-bond acceptors (Lipinski definition) is 2. The molecule has 0 aromatic rings. The van der Waals surface area contributed by atoms with Crippen LogP contribution in [0.5, 0.6) is 0 Å². The van der Waals surface area contributed by atoms with Crippen molar-refractivity contribution in [3.8, 4) is 0 Å². The molecule has 0 spiro atoms. The second-order valence-corrected chi connectivity index (χ2v) is 5.82. The summed E-state index contributed by atoms with van der Waals surface area (Å²) in [6, 6.07) is 0. The lowest BCUT2D eigenvalue weighted by molar-refractivity contribution is -0.124. The van der Waals surface area contributed by atoms with Crippen LogP contribution in [-0.4, -0.2) is 11.3 Å². The molecule has 0 saturated heterocycles. The molecule has 2 heteroatoms. The van der Waals surface area contributed by atoms with Crippen molar-refractivity contribution < 1.29 is 4.79 Å². The number of Topliss-reactive ketones (excluding diaryl/α,β-unsaturated/α-hetero) is 1. The van der Waals surface area contributed by atoms with E-state index in [4.69, 9.17) is 5.73 Å². The first-order chi connectivity index (χ1) is 8.54. The van der Waals surface area contributed by atoms with Crippen LogP contribution in [0.1, 0.15) is 91.4 Å². The average molecular weight is 255 g/mol.